The van der Waals surface area contributed by atoms with Crippen molar-refractivity contribution in [2.75, 3.05) is 0 Å². The summed E-state index contributed by atoms with van der Waals surface area (Å²) in [6.45, 7) is 1.23. The molecule has 1 atom stereocenters. The molecule has 3 nitrogen and oxygen atoms in total. The topological polar surface area (TPSA) is 54.4 Å². The van der Waals surface area contributed by atoms with Crippen LogP contribution < -0.4 is 0 Å². The normalized spacial score (nSPS) is 12.2. The highest BCUT2D eigenvalue weighted by atomic mass is 79.9. The number of halogens is 2. The first-order valence-corrected chi connectivity index (χ1v) is 4.95. The third-order valence-corrected chi connectivity index (χ3v) is 2.45. The van der Waals surface area contributed by atoms with E-state index < -0.39 is 23.5 Å². The molecule has 0 aliphatic rings. The second-order valence-electron chi connectivity index (χ2n) is 3.05. The molecule has 15 heavy (non-hydrogen) atoms. The van der Waals surface area contributed by atoms with E-state index in [1.165, 1.54) is 19.1 Å². The van der Waals surface area contributed by atoms with Gasteiger partial charge < -0.3 is 5.11 Å². The van der Waals surface area contributed by atoms with Crippen molar-refractivity contribution in [1.29, 1.82) is 0 Å². The largest absolute Gasteiger partial charge is 0.481 e. The number of Topliss-reactive ketones (excluding diaryl/α,β-unsaturated/α-hetero) is 1. The fourth-order valence-corrected chi connectivity index (χ4v) is 1.39. The lowest BCUT2D eigenvalue weighted by molar-refractivity contribution is -0.139. The molecule has 0 radical (unpaired) electrons. The van der Waals surface area contributed by atoms with Gasteiger partial charge in [0.1, 0.15) is 11.7 Å². The second kappa shape index (κ2) is 4.53. The van der Waals surface area contributed by atoms with Crippen LogP contribution in [0.4, 0.5) is 4.39 Å². The second-order valence-corrected chi connectivity index (χ2v) is 3.96. The van der Waals surface area contributed by atoms with Gasteiger partial charge in [0.15, 0.2) is 5.78 Å². The Morgan fingerprint density at radius 1 is 1.47 bits per heavy atom. The predicted octanol–water partition coefficient (Wildman–Crippen LogP) is 2.49. The maximum atomic E-state index is 13.2. The van der Waals surface area contributed by atoms with Crippen molar-refractivity contribution in [3.63, 3.8) is 0 Å². The van der Waals surface area contributed by atoms with Crippen molar-refractivity contribution in [2.45, 2.75) is 6.92 Å². The number of carboxylic acid groups (broad SMARTS) is 1. The summed E-state index contributed by atoms with van der Waals surface area (Å²) in [5, 5.41) is 8.62. The van der Waals surface area contributed by atoms with E-state index in [2.05, 4.69) is 15.9 Å². The van der Waals surface area contributed by atoms with Crippen molar-refractivity contribution in [1.82, 2.24) is 0 Å². The summed E-state index contributed by atoms with van der Waals surface area (Å²) in [5.74, 6) is -3.95. The van der Waals surface area contributed by atoms with Crippen LogP contribution >= 0.6 is 15.9 Å². The van der Waals surface area contributed by atoms with Gasteiger partial charge in [-0.3, -0.25) is 9.59 Å². The number of carbonyl (C=O) groups is 2. The lowest BCUT2D eigenvalue weighted by Gasteiger charge is -2.06. The summed E-state index contributed by atoms with van der Waals surface area (Å²) >= 11 is 3.08. The summed E-state index contributed by atoms with van der Waals surface area (Å²) in [5.41, 5.74) is -0.209. The zero-order chi connectivity index (χ0) is 11.6. The van der Waals surface area contributed by atoms with Gasteiger partial charge in [0, 0.05) is 4.47 Å². The van der Waals surface area contributed by atoms with E-state index in [0.717, 1.165) is 6.07 Å². The number of ketones is 1. The van der Waals surface area contributed by atoms with E-state index in [4.69, 9.17) is 5.11 Å². The molecule has 1 unspecified atom stereocenters. The number of carboxylic acids is 1. The highest BCUT2D eigenvalue weighted by Crippen LogP contribution is 2.18. The van der Waals surface area contributed by atoms with Crippen LogP contribution in [0.2, 0.25) is 0 Å². The molecule has 0 saturated carbocycles. The van der Waals surface area contributed by atoms with Crippen molar-refractivity contribution in [3.05, 3.63) is 34.1 Å². The maximum absolute atomic E-state index is 13.2. The average molecular weight is 275 g/mol. The summed E-state index contributed by atoms with van der Waals surface area (Å²) in [7, 11) is 0. The van der Waals surface area contributed by atoms with E-state index in [9.17, 15) is 14.0 Å². The highest BCUT2D eigenvalue weighted by Gasteiger charge is 2.24. The Labute approximate surface area is 94.0 Å². The van der Waals surface area contributed by atoms with Gasteiger partial charge in [-0.15, -0.1) is 0 Å². The highest BCUT2D eigenvalue weighted by molar-refractivity contribution is 9.10. The fraction of sp³-hybridized carbons (Fsp3) is 0.200. The number of hydrogen-bond acceptors (Lipinski definition) is 2. The average Bonchev–Trinajstić information content (AvgIpc) is 2.19. The number of hydrogen-bond donors (Lipinski definition) is 1. The van der Waals surface area contributed by atoms with Gasteiger partial charge in [0.25, 0.3) is 0 Å². The third-order valence-electron chi connectivity index (χ3n) is 1.96. The lowest BCUT2D eigenvalue weighted by Crippen LogP contribution is -2.21. The molecule has 0 heterocycles. The van der Waals surface area contributed by atoms with E-state index in [0.29, 0.717) is 4.47 Å². The van der Waals surface area contributed by atoms with Crippen LogP contribution in [0.5, 0.6) is 0 Å². The molecule has 1 N–H and O–H groups in total. The monoisotopic (exact) mass is 274 g/mol. The fourth-order valence-electron chi connectivity index (χ4n) is 1.03. The molecule has 0 aromatic heterocycles. The Bertz CT molecular complexity index is 417. The molecule has 0 fully saturated rings. The smallest absolute Gasteiger partial charge is 0.314 e. The van der Waals surface area contributed by atoms with E-state index >= 15 is 0 Å². The standard InChI is InChI=1S/C10H8BrFO3/c1-5(10(14)15)9(13)7-4-6(11)2-3-8(7)12/h2-5H,1H3,(H,14,15). The van der Waals surface area contributed by atoms with Crippen LogP contribution in [-0.2, 0) is 4.79 Å². The number of carbonyl (C=O) groups excluding carboxylic acids is 1. The summed E-state index contributed by atoms with van der Waals surface area (Å²) in [6, 6.07) is 3.83. The summed E-state index contributed by atoms with van der Waals surface area (Å²) in [6.07, 6.45) is 0. The number of benzene rings is 1. The summed E-state index contributed by atoms with van der Waals surface area (Å²) in [4.78, 5) is 22.1. The Morgan fingerprint density at radius 3 is 2.60 bits per heavy atom. The first-order valence-electron chi connectivity index (χ1n) is 4.15. The predicted molar refractivity (Wildman–Crippen MR) is 55.2 cm³/mol. The molecule has 0 amide bonds. The number of rotatable bonds is 3. The minimum Gasteiger partial charge on any atom is -0.481 e. The molecule has 0 spiro atoms. The first kappa shape index (κ1) is 11.8. The van der Waals surface area contributed by atoms with Crippen molar-refractivity contribution < 1.29 is 19.1 Å². The van der Waals surface area contributed by atoms with Gasteiger partial charge in [-0.25, -0.2) is 4.39 Å². The number of aliphatic carboxylic acids is 1. The maximum Gasteiger partial charge on any atom is 0.314 e. The molecule has 1 aromatic carbocycles. The molecule has 80 valence electrons. The van der Waals surface area contributed by atoms with Gasteiger partial charge in [0.2, 0.25) is 0 Å². The van der Waals surface area contributed by atoms with Gasteiger partial charge in [-0.2, -0.15) is 0 Å². The minimum atomic E-state index is -1.26. The van der Waals surface area contributed by atoms with Gasteiger partial charge in [-0.1, -0.05) is 15.9 Å². The molecular formula is C10H8BrFO3. The van der Waals surface area contributed by atoms with Crippen molar-refractivity contribution in [2.24, 2.45) is 5.92 Å². The van der Waals surface area contributed by atoms with Crippen molar-refractivity contribution in [3.8, 4) is 0 Å². The molecule has 0 aliphatic carbocycles. The molecule has 0 saturated heterocycles. The Balaban J connectivity index is 3.11. The Hall–Kier alpha value is -1.23. The van der Waals surface area contributed by atoms with Crippen LogP contribution in [-0.4, -0.2) is 16.9 Å². The van der Waals surface area contributed by atoms with Crippen LogP contribution in [0.15, 0.2) is 22.7 Å². The Kier molecular flexibility index (Phi) is 3.57. The van der Waals surface area contributed by atoms with E-state index in [-0.39, 0.29) is 5.56 Å². The minimum absolute atomic E-state index is 0.209. The molecule has 0 aliphatic heterocycles. The Morgan fingerprint density at radius 2 is 2.07 bits per heavy atom. The van der Waals surface area contributed by atoms with E-state index in [1.54, 1.807) is 0 Å². The summed E-state index contributed by atoms with van der Waals surface area (Å²) < 4.78 is 13.7. The molecular weight excluding hydrogens is 267 g/mol. The zero-order valence-electron chi connectivity index (χ0n) is 7.83. The van der Waals surface area contributed by atoms with Crippen LogP contribution in [0, 0.1) is 11.7 Å². The molecule has 1 aromatic rings. The van der Waals surface area contributed by atoms with Crippen LogP contribution in [0.1, 0.15) is 17.3 Å². The molecule has 0 bridgehead atoms. The van der Waals surface area contributed by atoms with Crippen LogP contribution in [0.25, 0.3) is 0 Å². The molecule has 1 rings (SSSR count). The lowest BCUT2D eigenvalue weighted by atomic mass is 9.99. The quantitative estimate of drug-likeness (QED) is 0.681. The SMILES string of the molecule is CC(C(=O)O)C(=O)c1cc(Br)ccc1F. The zero-order valence-corrected chi connectivity index (χ0v) is 9.42. The van der Waals surface area contributed by atoms with Gasteiger partial charge >= 0.3 is 5.97 Å². The van der Waals surface area contributed by atoms with Gasteiger partial charge in [0.05, 0.1) is 5.56 Å². The molecule has 5 heteroatoms. The van der Waals surface area contributed by atoms with Crippen LogP contribution in [0.3, 0.4) is 0 Å². The van der Waals surface area contributed by atoms with E-state index in [1.807, 2.05) is 0 Å². The van der Waals surface area contributed by atoms with Crippen molar-refractivity contribution >= 4 is 27.7 Å². The van der Waals surface area contributed by atoms with Gasteiger partial charge in [-0.05, 0) is 25.1 Å². The first-order chi connectivity index (χ1) is 6.93. The third kappa shape index (κ3) is 2.62.